The zero-order valence-electron chi connectivity index (χ0n) is 20.8. The highest BCUT2D eigenvalue weighted by atomic mass is 79.9. The largest absolute Gasteiger partial charge is 0.422 e. The van der Waals surface area contributed by atoms with Crippen molar-refractivity contribution in [1.29, 1.82) is 0 Å². The number of halogens is 1. The van der Waals surface area contributed by atoms with Crippen molar-refractivity contribution in [1.82, 2.24) is 10.4 Å². The van der Waals surface area contributed by atoms with Crippen molar-refractivity contribution in [2.24, 2.45) is 5.10 Å². The molecule has 0 saturated carbocycles. The molecule has 0 radical (unpaired) electrons. The molecule has 6 nitrogen and oxygen atoms in total. The van der Waals surface area contributed by atoms with E-state index in [1.165, 1.54) is 6.21 Å². The van der Waals surface area contributed by atoms with Crippen molar-refractivity contribution in [3.63, 3.8) is 0 Å². The fourth-order valence-electron chi connectivity index (χ4n) is 4.16. The zero-order valence-corrected chi connectivity index (χ0v) is 22.4. The van der Waals surface area contributed by atoms with Crippen LogP contribution >= 0.6 is 15.9 Å². The van der Waals surface area contributed by atoms with Crippen LogP contribution in [0.3, 0.4) is 0 Å². The van der Waals surface area contributed by atoms with Crippen LogP contribution in [0.5, 0.6) is 5.75 Å². The van der Waals surface area contributed by atoms with Crippen LogP contribution in [0.25, 0.3) is 22.0 Å². The molecule has 0 spiro atoms. The first-order valence-corrected chi connectivity index (χ1v) is 12.8. The number of hydrazone groups is 1. The van der Waals surface area contributed by atoms with Gasteiger partial charge in [0.15, 0.2) is 0 Å². The first kappa shape index (κ1) is 25.2. The molecule has 0 aliphatic heterocycles. The number of benzene rings is 4. The lowest BCUT2D eigenvalue weighted by Gasteiger charge is -2.08. The first-order chi connectivity index (χ1) is 18.4. The molecule has 0 saturated heterocycles. The summed E-state index contributed by atoms with van der Waals surface area (Å²) in [7, 11) is 0. The minimum absolute atomic E-state index is 0.322. The van der Waals surface area contributed by atoms with Gasteiger partial charge in [0.1, 0.15) is 11.4 Å². The lowest BCUT2D eigenvalue weighted by atomic mass is 10.0. The lowest BCUT2D eigenvalue weighted by molar-refractivity contribution is 0.0734. The molecule has 38 heavy (non-hydrogen) atoms. The van der Waals surface area contributed by atoms with Crippen molar-refractivity contribution in [2.45, 2.75) is 13.8 Å². The van der Waals surface area contributed by atoms with Gasteiger partial charge in [0.05, 0.1) is 11.8 Å². The monoisotopic (exact) mass is 565 g/mol. The van der Waals surface area contributed by atoms with E-state index in [0.717, 1.165) is 37.6 Å². The Balaban J connectivity index is 1.41. The molecule has 0 aliphatic rings. The van der Waals surface area contributed by atoms with Gasteiger partial charge < -0.3 is 9.72 Å². The molecule has 0 bridgehead atoms. The highest BCUT2D eigenvalue weighted by Crippen LogP contribution is 2.33. The zero-order chi connectivity index (χ0) is 26.6. The highest BCUT2D eigenvalue weighted by Gasteiger charge is 2.19. The van der Waals surface area contributed by atoms with Crippen molar-refractivity contribution in [3.8, 4) is 16.9 Å². The van der Waals surface area contributed by atoms with Crippen molar-refractivity contribution in [3.05, 3.63) is 123 Å². The Morgan fingerprint density at radius 2 is 1.63 bits per heavy atom. The van der Waals surface area contributed by atoms with Gasteiger partial charge in [0.25, 0.3) is 5.91 Å². The third-order valence-electron chi connectivity index (χ3n) is 6.08. The van der Waals surface area contributed by atoms with E-state index in [1.54, 1.807) is 30.3 Å². The van der Waals surface area contributed by atoms with E-state index in [-0.39, 0.29) is 5.91 Å². The summed E-state index contributed by atoms with van der Waals surface area (Å²) in [5, 5.41) is 5.14. The van der Waals surface area contributed by atoms with Gasteiger partial charge in [-0.25, -0.2) is 10.2 Å². The van der Waals surface area contributed by atoms with Gasteiger partial charge in [0.2, 0.25) is 0 Å². The molecule has 1 aromatic heterocycles. The number of carbonyl (C=O) groups excluding carboxylic acids is 2. The Morgan fingerprint density at radius 1 is 0.895 bits per heavy atom. The second-order valence-corrected chi connectivity index (χ2v) is 9.84. The topological polar surface area (TPSA) is 83.5 Å². The Kier molecular flexibility index (Phi) is 7.20. The Hall–Kier alpha value is -4.49. The molecule has 0 atom stereocenters. The molecule has 4 aromatic carbocycles. The predicted octanol–water partition coefficient (Wildman–Crippen LogP) is 7.20. The van der Waals surface area contributed by atoms with Crippen LogP contribution < -0.4 is 10.2 Å². The second kappa shape index (κ2) is 10.9. The number of ether oxygens (including phenoxy) is 1. The molecule has 5 rings (SSSR count). The number of nitrogens with one attached hydrogen (secondary N) is 2. The van der Waals surface area contributed by atoms with Crippen LogP contribution in [-0.4, -0.2) is 23.1 Å². The van der Waals surface area contributed by atoms with E-state index in [9.17, 15) is 9.59 Å². The summed E-state index contributed by atoms with van der Waals surface area (Å²) in [6, 6.07) is 28.1. The second-order valence-electron chi connectivity index (χ2n) is 8.93. The SMILES string of the molecule is Cc1ccc(C(=O)Oc2ccc(Br)cc2C=NNC(=O)c2[nH]c3ccc(C)cc3c2-c2ccccc2)cc1. The van der Waals surface area contributed by atoms with Crippen molar-refractivity contribution >= 4 is 44.9 Å². The van der Waals surface area contributed by atoms with Crippen molar-refractivity contribution < 1.29 is 14.3 Å². The third-order valence-corrected chi connectivity index (χ3v) is 6.57. The number of nitrogens with zero attached hydrogens (tertiary/aromatic N) is 1. The van der Waals surface area contributed by atoms with E-state index in [0.29, 0.717) is 22.6 Å². The molecule has 1 amide bonds. The van der Waals surface area contributed by atoms with Crippen LogP contribution in [0.4, 0.5) is 0 Å². The van der Waals surface area contributed by atoms with Crippen molar-refractivity contribution in [2.75, 3.05) is 0 Å². The Bertz CT molecular complexity index is 1670. The van der Waals surface area contributed by atoms with Crippen LogP contribution in [0.15, 0.2) is 101 Å². The van der Waals surface area contributed by atoms with Crippen LogP contribution in [0.2, 0.25) is 0 Å². The van der Waals surface area contributed by atoms with Crippen LogP contribution in [0, 0.1) is 13.8 Å². The number of hydrogen-bond donors (Lipinski definition) is 2. The molecule has 1 heterocycles. The van der Waals surface area contributed by atoms with Gasteiger partial charge in [0, 0.05) is 26.5 Å². The van der Waals surface area contributed by atoms with E-state index in [2.05, 4.69) is 37.5 Å². The van der Waals surface area contributed by atoms with E-state index in [4.69, 9.17) is 4.74 Å². The highest BCUT2D eigenvalue weighted by molar-refractivity contribution is 9.10. The smallest absolute Gasteiger partial charge is 0.343 e. The van der Waals surface area contributed by atoms with Crippen LogP contribution in [-0.2, 0) is 0 Å². The minimum Gasteiger partial charge on any atom is -0.422 e. The average Bonchev–Trinajstić information content (AvgIpc) is 3.29. The van der Waals surface area contributed by atoms with Gasteiger partial charge in [-0.2, -0.15) is 5.10 Å². The lowest BCUT2D eigenvalue weighted by Crippen LogP contribution is -2.19. The summed E-state index contributed by atoms with van der Waals surface area (Å²) in [5.74, 6) is -0.545. The molecule has 0 unspecified atom stereocenters. The first-order valence-electron chi connectivity index (χ1n) is 12.0. The third kappa shape index (κ3) is 5.43. The molecule has 7 heteroatoms. The Morgan fingerprint density at radius 3 is 2.39 bits per heavy atom. The van der Waals surface area contributed by atoms with Gasteiger partial charge in [-0.15, -0.1) is 0 Å². The number of H-pyrrole nitrogens is 1. The summed E-state index contributed by atoms with van der Waals surface area (Å²) in [6.07, 6.45) is 1.45. The summed E-state index contributed by atoms with van der Waals surface area (Å²) in [5.41, 5.74) is 8.74. The fourth-order valence-corrected chi connectivity index (χ4v) is 4.54. The number of aromatic nitrogens is 1. The number of fused-ring (bicyclic) bond motifs is 1. The standard InChI is InChI=1S/C31H24BrN3O3/c1-19-8-11-22(12-9-19)31(37)38-27-15-13-24(32)17-23(27)18-33-35-30(36)29-28(21-6-4-3-5-7-21)25-16-20(2)10-14-26(25)34-29/h3-18,34H,1-2H3,(H,35,36). The molecule has 188 valence electrons. The maximum absolute atomic E-state index is 13.3. The molecule has 5 aromatic rings. The number of aromatic amines is 1. The molecule has 0 fully saturated rings. The van der Waals surface area contributed by atoms with Gasteiger partial charge in [-0.1, -0.05) is 75.6 Å². The van der Waals surface area contributed by atoms with Gasteiger partial charge in [-0.05, 0) is 61.9 Å². The number of esters is 1. The van der Waals surface area contributed by atoms with E-state index in [1.807, 2.05) is 68.4 Å². The Labute approximate surface area is 228 Å². The average molecular weight is 566 g/mol. The summed E-state index contributed by atoms with van der Waals surface area (Å²) in [4.78, 5) is 29.2. The summed E-state index contributed by atoms with van der Waals surface area (Å²) in [6.45, 7) is 3.97. The summed E-state index contributed by atoms with van der Waals surface area (Å²) >= 11 is 3.44. The van der Waals surface area contributed by atoms with E-state index < -0.39 is 5.97 Å². The normalized spacial score (nSPS) is 11.1. The fraction of sp³-hybridized carbons (Fsp3) is 0.0645. The maximum atomic E-state index is 13.3. The molecular formula is C31H24BrN3O3. The maximum Gasteiger partial charge on any atom is 0.343 e. The number of hydrogen-bond acceptors (Lipinski definition) is 4. The number of rotatable bonds is 6. The van der Waals surface area contributed by atoms with E-state index >= 15 is 0 Å². The van der Waals surface area contributed by atoms with Gasteiger partial charge >= 0.3 is 5.97 Å². The predicted molar refractivity (Wildman–Crippen MR) is 154 cm³/mol. The minimum atomic E-state index is -0.480. The summed E-state index contributed by atoms with van der Waals surface area (Å²) < 4.78 is 6.40. The van der Waals surface area contributed by atoms with Gasteiger partial charge in [-0.3, -0.25) is 4.79 Å². The number of amides is 1. The number of aryl methyl sites for hydroxylation is 2. The number of carbonyl (C=O) groups is 2. The molecule has 0 aliphatic carbocycles. The molecular weight excluding hydrogens is 542 g/mol. The van der Waals surface area contributed by atoms with Crippen LogP contribution in [0.1, 0.15) is 37.5 Å². The quantitative estimate of drug-likeness (QED) is 0.0987. The molecule has 2 N–H and O–H groups in total.